The van der Waals surface area contributed by atoms with E-state index in [1.165, 1.54) is 37.3 Å². The van der Waals surface area contributed by atoms with Crippen LogP contribution in [0.5, 0.6) is 5.06 Å². The molecule has 0 aliphatic carbocycles. The van der Waals surface area contributed by atoms with E-state index in [-0.39, 0.29) is 11.9 Å². The number of rotatable bonds is 4. The minimum atomic E-state index is 0.0271. The van der Waals surface area contributed by atoms with E-state index in [2.05, 4.69) is 10.2 Å². The topological polar surface area (TPSA) is 41.6 Å². The number of benzene rings is 1. The molecule has 24 heavy (non-hydrogen) atoms. The van der Waals surface area contributed by atoms with E-state index in [1.807, 2.05) is 36.4 Å². The summed E-state index contributed by atoms with van der Waals surface area (Å²) in [6, 6.07) is 12.3. The van der Waals surface area contributed by atoms with Gasteiger partial charge in [0.25, 0.3) is 5.91 Å². The number of carbonyl (C=O) groups excluding carboxylic acids is 1. The Morgan fingerprint density at radius 2 is 2.00 bits per heavy atom. The van der Waals surface area contributed by atoms with Gasteiger partial charge in [0.1, 0.15) is 0 Å². The normalized spacial score (nSPS) is 25.5. The minimum Gasteiger partial charge on any atom is -0.487 e. The summed E-state index contributed by atoms with van der Waals surface area (Å²) < 4.78 is 5.50. The van der Waals surface area contributed by atoms with E-state index in [0.29, 0.717) is 5.92 Å². The van der Waals surface area contributed by atoms with Crippen molar-refractivity contribution in [2.75, 3.05) is 26.7 Å². The van der Waals surface area contributed by atoms with Crippen LogP contribution in [0.4, 0.5) is 0 Å². The van der Waals surface area contributed by atoms with E-state index in [9.17, 15) is 4.79 Å². The number of hydrogen-bond acceptors (Lipinski definition) is 4. The van der Waals surface area contributed by atoms with Gasteiger partial charge in [0.15, 0.2) is 5.06 Å². The first kappa shape index (κ1) is 15.7. The molecule has 0 saturated carbocycles. The molecule has 2 aromatic rings. The quantitative estimate of drug-likeness (QED) is 0.927. The number of ether oxygens (including phenoxy) is 1. The summed E-state index contributed by atoms with van der Waals surface area (Å²) >= 11 is 1.42. The third-order valence-electron chi connectivity index (χ3n) is 5.16. The fourth-order valence-corrected chi connectivity index (χ4v) is 4.72. The second-order valence-electron chi connectivity index (χ2n) is 6.60. The van der Waals surface area contributed by atoms with Crippen LogP contribution in [0.1, 0.15) is 22.5 Å². The molecule has 3 aliphatic rings. The Balaban J connectivity index is 1.54. The van der Waals surface area contributed by atoms with Crippen molar-refractivity contribution >= 4 is 17.2 Å². The van der Waals surface area contributed by atoms with E-state index >= 15 is 0 Å². The monoisotopic (exact) mass is 342 g/mol. The molecule has 0 spiro atoms. The zero-order valence-electron chi connectivity index (χ0n) is 13.8. The Hall–Kier alpha value is -1.85. The number of methoxy groups -OCH3 is 1. The van der Waals surface area contributed by atoms with Gasteiger partial charge in [-0.1, -0.05) is 41.7 Å². The zero-order valence-corrected chi connectivity index (χ0v) is 14.6. The van der Waals surface area contributed by atoms with Crippen molar-refractivity contribution in [1.82, 2.24) is 10.2 Å². The summed E-state index contributed by atoms with van der Waals surface area (Å²) in [6.45, 7) is 3.36. The number of nitrogens with zero attached hydrogens (tertiary/aromatic N) is 1. The molecule has 3 aliphatic heterocycles. The molecule has 4 nitrogen and oxygen atoms in total. The highest BCUT2D eigenvalue weighted by Crippen LogP contribution is 2.38. The number of piperidine rings is 3. The van der Waals surface area contributed by atoms with Crippen LogP contribution in [0.25, 0.3) is 11.1 Å². The SMILES string of the molecule is COc1sc(C(=O)NC2CN3CCC2CC3)cc1-c1ccccc1. The van der Waals surface area contributed by atoms with Gasteiger partial charge in [-0.05, 0) is 43.5 Å². The molecule has 1 aromatic carbocycles. The molecule has 1 aromatic heterocycles. The van der Waals surface area contributed by atoms with Gasteiger partial charge < -0.3 is 15.0 Å². The van der Waals surface area contributed by atoms with Crippen LogP contribution in [0.2, 0.25) is 0 Å². The van der Waals surface area contributed by atoms with E-state index in [1.54, 1.807) is 7.11 Å². The predicted octanol–water partition coefficient (Wildman–Crippen LogP) is 3.25. The number of nitrogens with one attached hydrogen (secondary N) is 1. The van der Waals surface area contributed by atoms with E-state index in [0.717, 1.165) is 27.6 Å². The molecule has 126 valence electrons. The molecule has 5 heteroatoms. The standard InChI is InChI=1S/C19H22N2O2S/c1-23-19-15(13-5-3-2-4-6-13)11-17(24-19)18(22)20-16-12-21-9-7-14(16)8-10-21/h2-6,11,14,16H,7-10,12H2,1H3,(H,20,22). The first-order valence-corrected chi connectivity index (χ1v) is 9.32. The van der Waals surface area contributed by atoms with E-state index < -0.39 is 0 Å². The molecule has 1 atom stereocenters. The lowest BCUT2D eigenvalue weighted by atomic mass is 9.84. The van der Waals surface area contributed by atoms with Crippen molar-refractivity contribution in [1.29, 1.82) is 0 Å². The Morgan fingerprint density at radius 3 is 2.62 bits per heavy atom. The van der Waals surface area contributed by atoms with Crippen LogP contribution in [0.15, 0.2) is 36.4 Å². The van der Waals surface area contributed by atoms with Gasteiger partial charge in [-0.15, -0.1) is 0 Å². The van der Waals surface area contributed by atoms with E-state index in [4.69, 9.17) is 4.74 Å². The fourth-order valence-electron chi connectivity index (χ4n) is 3.82. The summed E-state index contributed by atoms with van der Waals surface area (Å²) in [7, 11) is 1.66. The molecule has 3 fully saturated rings. The van der Waals surface area contributed by atoms with Crippen LogP contribution >= 0.6 is 11.3 Å². The lowest BCUT2D eigenvalue weighted by Crippen LogP contribution is -2.57. The van der Waals surface area contributed by atoms with Crippen molar-refractivity contribution in [3.05, 3.63) is 41.3 Å². The lowest BCUT2D eigenvalue weighted by molar-refractivity contribution is 0.0622. The molecular weight excluding hydrogens is 320 g/mol. The Kier molecular flexibility index (Phi) is 4.29. The number of carbonyl (C=O) groups is 1. The average Bonchev–Trinajstić information content (AvgIpc) is 3.08. The molecule has 1 N–H and O–H groups in total. The average molecular weight is 342 g/mol. The second kappa shape index (κ2) is 6.57. The summed E-state index contributed by atoms with van der Waals surface area (Å²) in [4.78, 5) is 15.9. The highest BCUT2D eigenvalue weighted by atomic mass is 32.1. The first-order chi connectivity index (χ1) is 11.7. The van der Waals surface area contributed by atoms with Crippen LogP contribution < -0.4 is 10.1 Å². The lowest BCUT2D eigenvalue weighted by Gasteiger charge is -2.44. The second-order valence-corrected chi connectivity index (χ2v) is 7.61. The Morgan fingerprint density at radius 1 is 1.25 bits per heavy atom. The summed E-state index contributed by atoms with van der Waals surface area (Å²) in [5.74, 6) is 0.661. The Labute approximate surface area is 146 Å². The molecule has 1 amide bonds. The smallest absolute Gasteiger partial charge is 0.261 e. The van der Waals surface area contributed by atoms with Crippen molar-refractivity contribution in [2.24, 2.45) is 5.92 Å². The molecule has 5 rings (SSSR count). The molecular formula is C19H22N2O2S. The third kappa shape index (κ3) is 2.94. The molecule has 2 bridgehead atoms. The van der Waals surface area contributed by atoms with Gasteiger partial charge in [-0.3, -0.25) is 4.79 Å². The van der Waals surface area contributed by atoms with Crippen LogP contribution in [0, 0.1) is 5.92 Å². The van der Waals surface area contributed by atoms with Crippen LogP contribution in [0.3, 0.4) is 0 Å². The fraction of sp³-hybridized carbons (Fsp3) is 0.421. The van der Waals surface area contributed by atoms with Crippen LogP contribution in [-0.4, -0.2) is 43.6 Å². The summed E-state index contributed by atoms with van der Waals surface area (Å²) in [6.07, 6.45) is 2.40. The Bertz CT molecular complexity index is 720. The highest BCUT2D eigenvalue weighted by molar-refractivity contribution is 7.16. The zero-order chi connectivity index (χ0) is 16.5. The van der Waals surface area contributed by atoms with Gasteiger partial charge in [-0.2, -0.15) is 0 Å². The number of thiophene rings is 1. The summed E-state index contributed by atoms with van der Waals surface area (Å²) in [5.41, 5.74) is 2.06. The van der Waals surface area contributed by atoms with Gasteiger partial charge in [0, 0.05) is 18.2 Å². The minimum absolute atomic E-state index is 0.0271. The number of fused-ring (bicyclic) bond motifs is 3. The maximum atomic E-state index is 12.7. The van der Waals surface area contributed by atoms with Crippen molar-refractivity contribution in [3.63, 3.8) is 0 Å². The maximum Gasteiger partial charge on any atom is 0.261 e. The van der Waals surface area contributed by atoms with Crippen molar-refractivity contribution in [3.8, 4) is 16.2 Å². The van der Waals surface area contributed by atoms with Gasteiger partial charge in [0.2, 0.25) is 0 Å². The first-order valence-electron chi connectivity index (χ1n) is 8.51. The largest absolute Gasteiger partial charge is 0.487 e. The molecule has 1 unspecified atom stereocenters. The van der Waals surface area contributed by atoms with Gasteiger partial charge in [0.05, 0.1) is 12.0 Å². The van der Waals surface area contributed by atoms with Crippen molar-refractivity contribution in [2.45, 2.75) is 18.9 Å². The molecule has 0 radical (unpaired) electrons. The summed E-state index contributed by atoms with van der Waals surface area (Å²) in [5, 5.41) is 4.05. The van der Waals surface area contributed by atoms with Crippen molar-refractivity contribution < 1.29 is 9.53 Å². The maximum absolute atomic E-state index is 12.7. The number of hydrogen-bond donors (Lipinski definition) is 1. The van der Waals surface area contributed by atoms with Gasteiger partial charge in [-0.25, -0.2) is 0 Å². The third-order valence-corrected chi connectivity index (χ3v) is 6.26. The van der Waals surface area contributed by atoms with Crippen LogP contribution in [-0.2, 0) is 0 Å². The van der Waals surface area contributed by atoms with Gasteiger partial charge >= 0.3 is 0 Å². The highest BCUT2D eigenvalue weighted by Gasteiger charge is 2.35. The molecule has 3 saturated heterocycles. The molecule has 4 heterocycles. The predicted molar refractivity (Wildman–Crippen MR) is 96.7 cm³/mol. The number of amides is 1.